The quantitative estimate of drug-likeness (QED) is 0.508. The van der Waals surface area contributed by atoms with Gasteiger partial charge in [0.05, 0.1) is 12.6 Å². The summed E-state index contributed by atoms with van der Waals surface area (Å²) in [6.07, 6.45) is 3.98. The molecule has 1 rings (SSSR count). The fraction of sp³-hybridized carbons (Fsp3) is 0.400. The molecular formula is C5H8NO. The van der Waals surface area contributed by atoms with Crippen LogP contribution >= 0.6 is 0 Å². The molecule has 0 aromatic heterocycles. The van der Waals surface area contributed by atoms with Crippen molar-refractivity contribution in [2.24, 2.45) is 0 Å². The Hall–Kier alpha value is -0.500. The largest absolute Gasteiger partial charge is 0.383 e. The van der Waals surface area contributed by atoms with Crippen molar-refractivity contribution in [1.29, 1.82) is 0 Å². The van der Waals surface area contributed by atoms with E-state index in [2.05, 4.69) is 5.32 Å². The Morgan fingerprint density at radius 1 is 1.71 bits per heavy atom. The summed E-state index contributed by atoms with van der Waals surface area (Å²) in [6, 6.07) is 0. The fourth-order valence-corrected chi connectivity index (χ4v) is 0.503. The normalized spacial score (nSPS) is 27.9. The zero-order valence-electron chi connectivity index (χ0n) is 4.22. The standard InChI is InChI=1S/C5H8NO/c1-7-5-2-3-6-4-5/h2-6H,1H3. The molecule has 1 atom stereocenters. The molecule has 0 aromatic rings. The Morgan fingerprint density at radius 2 is 2.57 bits per heavy atom. The lowest BCUT2D eigenvalue weighted by molar-refractivity contribution is 0.167. The van der Waals surface area contributed by atoms with Crippen LogP contribution in [0.5, 0.6) is 0 Å². The molecule has 1 N–H and O–H groups in total. The Kier molecular flexibility index (Phi) is 1.32. The third kappa shape index (κ3) is 0.933. The number of hydrogen-bond donors (Lipinski definition) is 1. The first-order valence-corrected chi connectivity index (χ1v) is 2.22. The van der Waals surface area contributed by atoms with Gasteiger partial charge < -0.3 is 10.1 Å². The van der Waals surface area contributed by atoms with Gasteiger partial charge in [-0.15, -0.1) is 0 Å². The van der Waals surface area contributed by atoms with Gasteiger partial charge in [-0.2, -0.15) is 0 Å². The second-order valence-electron chi connectivity index (χ2n) is 1.39. The predicted molar refractivity (Wildman–Crippen MR) is 27.4 cm³/mol. The molecule has 0 amide bonds. The van der Waals surface area contributed by atoms with E-state index in [-0.39, 0.29) is 6.10 Å². The first-order chi connectivity index (χ1) is 3.43. The minimum absolute atomic E-state index is 0.181. The Morgan fingerprint density at radius 3 is 2.86 bits per heavy atom. The number of rotatable bonds is 1. The van der Waals surface area contributed by atoms with E-state index in [4.69, 9.17) is 4.74 Å². The van der Waals surface area contributed by atoms with E-state index in [0.29, 0.717) is 0 Å². The van der Waals surface area contributed by atoms with Crippen molar-refractivity contribution in [1.82, 2.24) is 5.32 Å². The number of ether oxygens (including phenoxy) is 1. The van der Waals surface area contributed by atoms with Gasteiger partial charge in [0.2, 0.25) is 0 Å². The van der Waals surface area contributed by atoms with E-state index >= 15 is 0 Å². The van der Waals surface area contributed by atoms with Crippen LogP contribution in [0.4, 0.5) is 0 Å². The van der Waals surface area contributed by atoms with E-state index in [0.717, 1.165) is 0 Å². The summed E-state index contributed by atoms with van der Waals surface area (Å²) in [4.78, 5) is 0. The predicted octanol–water partition coefficient (Wildman–Crippen LogP) is 0.280. The highest BCUT2D eigenvalue weighted by atomic mass is 16.5. The molecular weight excluding hydrogens is 90.1 g/mol. The number of hydrogen-bond acceptors (Lipinski definition) is 2. The molecule has 7 heavy (non-hydrogen) atoms. The van der Waals surface area contributed by atoms with Crippen LogP contribution < -0.4 is 5.32 Å². The summed E-state index contributed by atoms with van der Waals surface area (Å²) < 4.78 is 4.91. The van der Waals surface area contributed by atoms with Crippen LogP contribution in [0.15, 0.2) is 12.3 Å². The second-order valence-corrected chi connectivity index (χ2v) is 1.39. The lowest BCUT2D eigenvalue weighted by Crippen LogP contribution is -2.08. The van der Waals surface area contributed by atoms with Crippen LogP contribution in [0.3, 0.4) is 0 Å². The summed E-state index contributed by atoms with van der Waals surface area (Å²) >= 11 is 0. The first-order valence-electron chi connectivity index (χ1n) is 2.22. The molecule has 0 fully saturated rings. The van der Waals surface area contributed by atoms with E-state index in [9.17, 15) is 0 Å². The summed E-state index contributed by atoms with van der Waals surface area (Å²) in [7, 11) is 1.68. The van der Waals surface area contributed by atoms with Crippen molar-refractivity contribution in [3.63, 3.8) is 0 Å². The molecule has 0 saturated carbocycles. The molecule has 2 nitrogen and oxygen atoms in total. The van der Waals surface area contributed by atoms with Crippen LogP contribution in [-0.4, -0.2) is 13.2 Å². The van der Waals surface area contributed by atoms with Crippen molar-refractivity contribution >= 4 is 0 Å². The van der Waals surface area contributed by atoms with Gasteiger partial charge in [0.25, 0.3) is 0 Å². The van der Waals surface area contributed by atoms with Crippen LogP contribution in [0, 0.1) is 6.54 Å². The van der Waals surface area contributed by atoms with E-state index in [1.54, 1.807) is 7.11 Å². The van der Waals surface area contributed by atoms with Gasteiger partial charge in [-0.05, 0) is 12.3 Å². The molecule has 1 heterocycles. The summed E-state index contributed by atoms with van der Waals surface area (Å²) in [5.74, 6) is 0. The lowest BCUT2D eigenvalue weighted by atomic mass is 10.4. The summed E-state index contributed by atoms with van der Waals surface area (Å²) in [6.45, 7) is 1.88. The van der Waals surface area contributed by atoms with Gasteiger partial charge in [-0.25, -0.2) is 0 Å². The Balaban J connectivity index is 2.28. The zero-order chi connectivity index (χ0) is 5.11. The zero-order valence-corrected chi connectivity index (χ0v) is 4.22. The van der Waals surface area contributed by atoms with Gasteiger partial charge in [0.1, 0.15) is 0 Å². The van der Waals surface area contributed by atoms with Gasteiger partial charge in [0.15, 0.2) is 0 Å². The minimum Gasteiger partial charge on any atom is -0.383 e. The van der Waals surface area contributed by atoms with Crippen LogP contribution in [0.2, 0.25) is 0 Å². The molecule has 0 spiro atoms. The maximum Gasteiger partial charge on any atom is 0.0990 e. The molecule has 0 saturated heterocycles. The molecule has 1 radical (unpaired) electrons. The fourth-order valence-electron chi connectivity index (χ4n) is 0.503. The SMILES string of the molecule is COC1[CH]NC=C1. The third-order valence-corrected chi connectivity index (χ3v) is 0.915. The number of methoxy groups -OCH3 is 1. The smallest absolute Gasteiger partial charge is 0.0990 e. The van der Waals surface area contributed by atoms with E-state index in [1.807, 2.05) is 18.8 Å². The lowest BCUT2D eigenvalue weighted by Gasteiger charge is -1.99. The molecule has 1 unspecified atom stereocenters. The molecule has 0 bridgehead atoms. The van der Waals surface area contributed by atoms with Gasteiger partial charge in [-0.3, -0.25) is 0 Å². The van der Waals surface area contributed by atoms with Crippen molar-refractivity contribution in [3.05, 3.63) is 18.8 Å². The molecule has 39 valence electrons. The molecule has 1 aliphatic heterocycles. The van der Waals surface area contributed by atoms with Crippen LogP contribution in [0.25, 0.3) is 0 Å². The average Bonchev–Trinajstić information content (AvgIpc) is 2.14. The third-order valence-electron chi connectivity index (χ3n) is 0.915. The minimum atomic E-state index is 0.181. The second kappa shape index (κ2) is 1.98. The highest BCUT2D eigenvalue weighted by molar-refractivity contribution is 5.04. The Bertz CT molecular complexity index is 80.1. The molecule has 0 aromatic carbocycles. The van der Waals surface area contributed by atoms with Gasteiger partial charge in [0, 0.05) is 7.11 Å². The average molecular weight is 98.1 g/mol. The maximum atomic E-state index is 4.91. The highest BCUT2D eigenvalue weighted by Gasteiger charge is 2.04. The van der Waals surface area contributed by atoms with Crippen molar-refractivity contribution in [2.75, 3.05) is 7.11 Å². The first kappa shape index (κ1) is 4.65. The maximum absolute atomic E-state index is 4.91. The number of nitrogens with one attached hydrogen (secondary N) is 1. The Labute approximate surface area is 43.2 Å². The van der Waals surface area contributed by atoms with Gasteiger partial charge >= 0.3 is 0 Å². The molecule has 2 heteroatoms. The van der Waals surface area contributed by atoms with Crippen LogP contribution in [-0.2, 0) is 4.74 Å². The molecule has 1 aliphatic rings. The molecule has 0 aliphatic carbocycles. The van der Waals surface area contributed by atoms with Gasteiger partial charge in [-0.1, -0.05) is 0 Å². The van der Waals surface area contributed by atoms with E-state index in [1.165, 1.54) is 0 Å². The topological polar surface area (TPSA) is 21.3 Å². The van der Waals surface area contributed by atoms with Crippen molar-refractivity contribution < 1.29 is 4.74 Å². The van der Waals surface area contributed by atoms with Crippen molar-refractivity contribution in [3.8, 4) is 0 Å². The van der Waals surface area contributed by atoms with Crippen LogP contribution in [0.1, 0.15) is 0 Å². The summed E-state index contributed by atoms with van der Waals surface area (Å²) in [5, 5.41) is 2.89. The highest BCUT2D eigenvalue weighted by Crippen LogP contribution is 1.99. The summed E-state index contributed by atoms with van der Waals surface area (Å²) in [5.41, 5.74) is 0. The van der Waals surface area contributed by atoms with Crippen molar-refractivity contribution in [2.45, 2.75) is 6.10 Å². The van der Waals surface area contributed by atoms with E-state index < -0.39 is 0 Å². The monoisotopic (exact) mass is 98.1 g/mol.